The van der Waals surface area contributed by atoms with E-state index in [0.29, 0.717) is 23.3 Å². The highest BCUT2D eigenvalue weighted by atomic mass is 16.5. The van der Waals surface area contributed by atoms with Crippen molar-refractivity contribution in [1.82, 2.24) is 15.0 Å². The van der Waals surface area contributed by atoms with Crippen molar-refractivity contribution < 1.29 is 9.53 Å². The summed E-state index contributed by atoms with van der Waals surface area (Å²) >= 11 is 0. The first-order valence-electron chi connectivity index (χ1n) is 11.8. The van der Waals surface area contributed by atoms with Gasteiger partial charge in [-0.05, 0) is 78.3 Å². The minimum atomic E-state index is -0.217. The highest BCUT2D eigenvalue weighted by molar-refractivity contribution is 5.95. The summed E-state index contributed by atoms with van der Waals surface area (Å²) in [4.78, 5) is 14.2. The Hall–Kier alpha value is -3.67. The molecule has 1 aromatic heterocycles. The average Bonchev–Trinajstić information content (AvgIpc) is 3.25. The SMILES string of the molecule is CCC(C)c1ccc(OCC(=O)Nc2cc3nn(-c4ccc(C(C)C)cc4)nc3cc2C)cc1. The molecule has 3 aromatic carbocycles. The van der Waals surface area contributed by atoms with E-state index in [2.05, 4.69) is 67.5 Å². The number of hydrogen-bond donors (Lipinski definition) is 1. The van der Waals surface area contributed by atoms with Gasteiger partial charge in [0.15, 0.2) is 6.61 Å². The number of nitrogens with zero attached hydrogens (tertiary/aromatic N) is 3. The maximum Gasteiger partial charge on any atom is 0.262 e. The lowest BCUT2D eigenvalue weighted by Gasteiger charge is -2.11. The molecule has 1 amide bonds. The van der Waals surface area contributed by atoms with Gasteiger partial charge in [0, 0.05) is 5.69 Å². The Bertz CT molecular complexity index is 1270. The number of aromatic nitrogens is 3. The highest BCUT2D eigenvalue weighted by Crippen LogP contribution is 2.24. The number of carbonyl (C=O) groups excluding carboxylic acids is 1. The molecular weight excluding hydrogens is 424 g/mol. The summed E-state index contributed by atoms with van der Waals surface area (Å²) in [5.41, 5.74) is 6.56. The first-order chi connectivity index (χ1) is 16.3. The van der Waals surface area contributed by atoms with Crippen LogP contribution in [0.15, 0.2) is 60.7 Å². The third-order valence-electron chi connectivity index (χ3n) is 6.22. The number of ether oxygens (including phenoxy) is 1. The van der Waals surface area contributed by atoms with Gasteiger partial charge >= 0.3 is 0 Å². The maximum atomic E-state index is 12.5. The number of anilines is 1. The number of amides is 1. The van der Waals surface area contributed by atoms with E-state index in [9.17, 15) is 4.79 Å². The Balaban J connectivity index is 1.43. The van der Waals surface area contributed by atoms with Crippen LogP contribution in [0.25, 0.3) is 16.7 Å². The molecule has 0 aliphatic carbocycles. The Labute approximate surface area is 200 Å². The molecule has 0 spiro atoms. The van der Waals surface area contributed by atoms with Crippen molar-refractivity contribution in [2.45, 2.75) is 52.9 Å². The quantitative estimate of drug-likeness (QED) is 0.334. The normalized spacial score (nSPS) is 12.2. The zero-order chi connectivity index (χ0) is 24.2. The van der Waals surface area contributed by atoms with Gasteiger partial charge in [-0.1, -0.05) is 52.0 Å². The Morgan fingerprint density at radius 2 is 1.56 bits per heavy atom. The van der Waals surface area contributed by atoms with Crippen LogP contribution in [0.3, 0.4) is 0 Å². The van der Waals surface area contributed by atoms with E-state index >= 15 is 0 Å². The molecule has 6 heteroatoms. The minimum Gasteiger partial charge on any atom is -0.484 e. The van der Waals surface area contributed by atoms with Crippen LogP contribution in [0, 0.1) is 6.92 Å². The van der Waals surface area contributed by atoms with Crippen LogP contribution in [-0.2, 0) is 4.79 Å². The topological polar surface area (TPSA) is 69.0 Å². The van der Waals surface area contributed by atoms with Crippen molar-refractivity contribution in [2.24, 2.45) is 0 Å². The molecule has 1 heterocycles. The van der Waals surface area contributed by atoms with Crippen LogP contribution in [0.5, 0.6) is 5.75 Å². The van der Waals surface area contributed by atoms with Gasteiger partial charge in [0.05, 0.1) is 5.69 Å². The van der Waals surface area contributed by atoms with Gasteiger partial charge in [0.2, 0.25) is 0 Å². The van der Waals surface area contributed by atoms with E-state index in [1.165, 1.54) is 11.1 Å². The summed E-state index contributed by atoms with van der Waals surface area (Å²) < 4.78 is 5.68. The van der Waals surface area contributed by atoms with Gasteiger partial charge < -0.3 is 10.1 Å². The molecule has 0 bridgehead atoms. The van der Waals surface area contributed by atoms with E-state index in [1.807, 2.05) is 43.3 Å². The van der Waals surface area contributed by atoms with Crippen LogP contribution >= 0.6 is 0 Å². The molecule has 1 unspecified atom stereocenters. The third kappa shape index (κ3) is 5.28. The summed E-state index contributed by atoms with van der Waals surface area (Å²) in [6.07, 6.45) is 1.09. The second kappa shape index (κ2) is 10.1. The summed E-state index contributed by atoms with van der Waals surface area (Å²) in [5.74, 6) is 1.44. The van der Waals surface area contributed by atoms with Crippen LogP contribution in [0.4, 0.5) is 5.69 Å². The molecule has 176 valence electrons. The fourth-order valence-electron chi connectivity index (χ4n) is 3.77. The van der Waals surface area contributed by atoms with Gasteiger partial charge in [0.1, 0.15) is 16.8 Å². The van der Waals surface area contributed by atoms with E-state index in [1.54, 1.807) is 4.80 Å². The summed E-state index contributed by atoms with van der Waals surface area (Å²) in [6, 6.07) is 20.0. The number of carbonyl (C=O) groups is 1. The zero-order valence-corrected chi connectivity index (χ0v) is 20.5. The van der Waals surface area contributed by atoms with Crippen molar-refractivity contribution in [3.8, 4) is 11.4 Å². The van der Waals surface area contributed by atoms with Gasteiger partial charge in [-0.25, -0.2) is 0 Å². The highest BCUT2D eigenvalue weighted by Gasteiger charge is 2.12. The zero-order valence-electron chi connectivity index (χ0n) is 20.5. The molecule has 4 aromatic rings. The van der Waals surface area contributed by atoms with Crippen LogP contribution in [-0.4, -0.2) is 27.5 Å². The molecule has 6 nitrogen and oxygen atoms in total. The number of nitrogens with one attached hydrogen (secondary N) is 1. The molecule has 34 heavy (non-hydrogen) atoms. The monoisotopic (exact) mass is 456 g/mol. The van der Waals surface area contributed by atoms with Gasteiger partial charge in [-0.15, -0.1) is 10.2 Å². The molecule has 0 fully saturated rings. The number of benzene rings is 3. The first kappa shape index (κ1) is 23.5. The fourth-order valence-corrected chi connectivity index (χ4v) is 3.77. The van der Waals surface area contributed by atoms with Crippen molar-refractivity contribution in [3.05, 3.63) is 77.4 Å². The molecular formula is C28H32N4O2. The van der Waals surface area contributed by atoms with Crippen LogP contribution in [0.1, 0.15) is 62.6 Å². The smallest absolute Gasteiger partial charge is 0.262 e. The largest absolute Gasteiger partial charge is 0.484 e. The van der Waals surface area contributed by atoms with E-state index < -0.39 is 0 Å². The summed E-state index contributed by atoms with van der Waals surface area (Å²) in [6.45, 7) is 10.6. The number of aryl methyl sites for hydroxylation is 1. The fraction of sp³-hybridized carbons (Fsp3) is 0.321. The molecule has 4 rings (SSSR count). The van der Waals surface area contributed by atoms with E-state index in [4.69, 9.17) is 4.74 Å². The first-order valence-corrected chi connectivity index (χ1v) is 11.8. The molecule has 0 aliphatic heterocycles. The lowest BCUT2D eigenvalue weighted by Crippen LogP contribution is -2.20. The minimum absolute atomic E-state index is 0.0605. The Kier molecular flexibility index (Phi) is 6.96. The van der Waals surface area contributed by atoms with Gasteiger partial charge in [-0.3, -0.25) is 4.79 Å². The number of fused-ring (bicyclic) bond motifs is 1. The maximum absolute atomic E-state index is 12.5. The second-order valence-electron chi connectivity index (χ2n) is 9.11. The van der Waals surface area contributed by atoms with E-state index in [0.717, 1.165) is 28.7 Å². The summed E-state index contributed by atoms with van der Waals surface area (Å²) in [7, 11) is 0. The van der Waals surface area contributed by atoms with Crippen molar-refractivity contribution in [2.75, 3.05) is 11.9 Å². The molecule has 1 N–H and O–H groups in total. The van der Waals surface area contributed by atoms with Crippen molar-refractivity contribution in [3.63, 3.8) is 0 Å². The predicted molar refractivity (Wildman–Crippen MR) is 137 cm³/mol. The predicted octanol–water partition coefficient (Wildman–Crippen LogP) is 6.38. The third-order valence-corrected chi connectivity index (χ3v) is 6.22. The second-order valence-corrected chi connectivity index (χ2v) is 9.11. The standard InChI is InChI=1S/C28H32N4O2/c1-6-19(4)22-9-13-24(14-10-22)34-17-28(33)29-25-16-27-26(15-20(25)5)30-32(31-27)23-11-7-21(8-12-23)18(2)3/h7-16,18-19H,6,17H2,1-5H3,(H,29,33). The number of hydrogen-bond acceptors (Lipinski definition) is 4. The van der Waals surface area contributed by atoms with Crippen LogP contribution < -0.4 is 10.1 Å². The van der Waals surface area contributed by atoms with Crippen LogP contribution in [0.2, 0.25) is 0 Å². The lowest BCUT2D eigenvalue weighted by molar-refractivity contribution is -0.118. The van der Waals surface area contributed by atoms with Crippen molar-refractivity contribution in [1.29, 1.82) is 0 Å². The van der Waals surface area contributed by atoms with E-state index in [-0.39, 0.29) is 12.5 Å². The van der Waals surface area contributed by atoms with Gasteiger partial charge in [0.25, 0.3) is 5.91 Å². The molecule has 0 saturated heterocycles. The van der Waals surface area contributed by atoms with Gasteiger partial charge in [-0.2, -0.15) is 4.80 Å². The Morgan fingerprint density at radius 1 is 0.941 bits per heavy atom. The number of rotatable bonds is 8. The molecule has 0 aliphatic rings. The lowest BCUT2D eigenvalue weighted by atomic mass is 9.99. The summed E-state index contributed by atoms with van der Waals surface area (Å²) in [5, 5.41) is 12.2. The molecule has 0 saturated carbocycles. The average molecular weight is 457 g/mol. The van der Waals surface area contributed by atoms with Crippen molar-refractivity contribution >= 4 is 22.6 Å². The molecule has 1 atom stereocenters. The molecule has 0 radical (unpaired) electrons. The Morgan fingerprint density at radius 3 is 2.18 bits per heavy atom.